The van der Waals surface area contributed by atoms with Crippen LogP contribution in [0.4, 0.5) is 11.4 Å². The molecule has 0 saturated heterocycles. The Morgan fingerprint density at radius 1 is 1.15 bits per heavy atom. The smallest absolute Gasteiger partial charge is 0.276 e. The van der Waals surface area contributed by atoms with E-state index in [9.17, 15) is 9.59 Å². The molecular weight excluding hydrogens is 340 g/mol. The van der Waals surface area contributed by atoms with E-state index in [1.54, 1.807) is 13.0 Å². The lowest BCUT2D eigenvalue weighted by atomic mass is 10.1. The van der Waals surface area contributed by atoms with Crippen molar-refractivity contribution in [2.24, 2.45) is 0 Å². The van der Waals surface area contributed by atoms with E-state index in [0.717, 1.165) is 11.3 Å². The van der Waals surface area contributed by atoms with Gasteiger partial charge in [-0.25, -0.2) is 0 Å². The normalized spacial score (nSPS) is 11.6. The van der Waals surface area contributed by atoms with Crippen molar-refractivity contribution < 1.29 is 9.59 Å². The first kappa shape index (κ1) is 20.7. The fourth-order valence-electron chi connectivity index (χ4n) is 2.73. The molecule has 0 atom stereocenters. The lowest BCUT2D eigenvalue weighted by Crippen LogP contribution is -2.26. The predicted molar refractivity (Wildman–Crippen MR) is 109 cm³/mol. The fourth-order valence-corrected chi connectivity index (χ4v) is 2.73. The summed E-state index contributed by atoms with van der Waals surface area (Å²) in [5.74, 6) is -0.0730. The number of aromatic nitrogens is 2. The molecule has 0 bridgehead atoms. The third-order valence-electron chi connectivity index (χ3n) is 4.29. The topological polar surface area (TPSA) is 76.0 Å². The third kappa shape index (κ3) is 4.96. The minimum atomic E-state index is -0.262. The van der Waals surface area contributed by atoms with Crippen molar-refractivity contribution in [2.75, 3.05) is 10.6 Å². The lowest BCUT2D eigenvalue weighted by Gasteiger charge is -2.23. The van der Waals surface area contributed by atoms with Gasteiger partial charge >= 0.3 is 0 Å². The molecule has 0 aliphatic heterocycles. The number of aryl methyl sites for hydroxylation is 1. The van der Waals surface area contributed by atoms with Crippen molar-refractivity contribution in [2.45, 2.75) is 66.3 Å². The van der Waals surface area contributed by atoms with E-state index in [1.165, 1.54) is 0 Å². The highest BCUT2D eigenvalue weighted by Gasteiger charge is 2.23. The van der Waals surface area contributed by atoms with Crippen LogP contribution in [0.2, 0.25) is 0 Å². The number of nitrogens with one attached hydrogen (secondary N) is 2. The van der Waals surface area contributed by atoms with Crippen molar-refractivity contribution >= 4 is 23.2 Å². The van der Waals surface area contributed by atoms with Crippen LogP contribution in [0.25, 0.3) is 0 Å². The second-order valence-electron chi connectivity index (χ2n) is 8.08. The second kappa shape index (κ2) is 7.94. The highest BCUT2D eigenvalue weighted by Crippen LogP contribution is 2.25. The number of hydrogen-bond donors (Lipinski definition) is 2. The fraction of sp³-hybridized carbons (Fsp3) is 0.476. The number of nitrogens with zero attached hydrogens (tertiary/aromatic N) is 2. The zero-order chi connectivity index (χ0) is 20.4. The van der Waals surface area contributed by atoms with Crippen LogP contribution in [0.15, 0.2) is 24.3 Å². The maximum Gasteiger partial charge on any atom is 0.276 e. The zero-order valence-corrected chi connectivity index (χ0v) is 17.3. The summed E-state index contributed by atoms with van der Waals surface area (Å²) in [7, 11) is 0. The summed E-state index contributed by atoms with van der Waals surface area (Å²) in [4.78, 5) is 24.4. The largest absolute Gasteiger partial charge is 0.326 e. The summed E-state index contributed by atoms with van der Waals surface area (Å²) in [6.07, 6.45) is 0.401. The Kier molecular flexibility index (Phi) is 6.08. The van der Waals surface area contributed by atoms with Gasteiger partial charge in [-0.3, -0.25) is 14.3 Å². The van der Waals surface area contributed by atoms with Gasteiger partial charge in [0.1, 0.15) is 0 Å². The molecule has 0 fully saturated rings. The van der Waals surface area contributed by atoms with Crippen molar-refractivity contribution in [3.63, 3.8) is 0 Å². The molecule has 0 spiro atoms. The maximum atomic E-state index is 12.8. The average molecular weight is 370 g/mol. The molecule has 2 rings (SSSR count). The molecule has 0 aliphatic rings. The van der Waals surface area contributed by atoms with Gasteiger partial charge in [-0.2, -0.15) is 5.10 Å². The van der Waals surface area contributed by atoms with Crippen LogP contribution in [0.1, 0.15) is 75.6 Å². The van der Waals surface area contributed by atoms with Crippen LogP contribution < -0.4 is 10.6 Å². The summed E-state index contributed by atoms with van der Waals surface area (Å²) in [6.45, 7) is 14.1. The van der Waals surface area contributed by atoms with E-state index in [2.05, 4.69) is 50.4 Å². The number of carbonyl (C=O) groups excluding carboxylic acids is 2. The molecule has 146 valence electrons. The predicted octanol–water partition coefficient (Wildman–Crippen LogP) is 4.67. The summed E-state index contributed by atoms with van der Waals surface area (Å²) in [5.41, 5.74) is 3.43. The van der Waals surface area contributed by atoms with Crippen LogP contribution in [-0.2, 0) is 10.3 Å². The van der Waals surface area contributed by atoms with Crippen molar-refractivity contribution in [1.29, 1.82) is 0 Å². The van der Waals surface area contributed by atoms with E-state index in [-0.39, 0.29) is 23.3 Å². The first-order valence-corrected chi connectivity index (χ1v) is 9.35. The van der Waals surface area contributed by atoms with Gasteiger partial charge in [0, 0.05) is 23.5 Å². The Labute approximate surface area is 161 Å². The number of rotatable bonds is 5. The van der Waals surface area contributed by atoms with Crippen molar-refractivity contribution in [1.82, 2.24) is 9.78 Å². The number of benzene rings is 1. The summed E-state index contributed by atoms with van der Waals surface area (Å²) in [5, 5.41) is 10.3. The Bertz CT molecular complexity index is 844. The second-order valence-corrected chi connectivity index (χ2v) is 8.08. The maximum absolute atomic E-state index is 12.8. The number of hydrogen-bond acceptors (Lipinski definition) is 3. The molecule has 0 aliphatic carbocycles. The SMILES string of the molecule is CCC(=O)Nc1ccc(C)c(NC(=O)c2cc(C(C)C)n(C(C)(C)C)n2)c1. The van der Waals surface area contributed by atoms with E-state index in [0.29, 0.717) is 23.5 Å². The molecule has 2 aromatic rings. The minimum Gasteiger partial charge on any atom is -0.326 e. The Hall–Kier alpha value is -2.63. The quantitative estimate of drug-likeness (QED) is 0.803. The van der Waals surface area contributed by atoms with E-state index < -0.39 is 0 Å². The molecule has 1 heterocycles. The molecule has 27 heavy (non-hydrogen) atoms. The Balaban J connectivity index is 2.30. The first-order valence-electron chi connectivity index (χ1n) is 9.35. The number of anilines is 2. The van der Waals surface area contributed by atoms with Crippen molar-refractivity contribution in [3.8, 4) is 0 Å². The average Bonchev–Trinajstić information content (AvgIpc) is 3.04. The minimum absolute atomic E-state index is 0.0679. The van der Waals surface area contributed by atoms with Crippen molar-refractivity contribution in [3.05, 3.63) is 41.2 Å². The van der Waals surface area contributed by atoms with Crippen LogP contribution >= 0.6 is 0 Å². The van der Waals surface area contributed by atoms with E-state index in [4.69, 9.17) is 0 Å². The van der Waals surface area contributed by atoms with Crippen LogP contribution in [0.3, 0.4) is 0 Å². The molecule has 6 nitrogen and oxygen atoms in total. The molecule has 2 N–H and O–H groups in total. The van der Waals surface area contributed by atoms with Crippen LogP contribution in [0, 0.1) is 6.92 Å². The molecule has 6 heteroatoms. The molecule has 0 radical (unpaired) electrons. The van der Waals surface area contributed by atoms with Gasteiger partial charge in [-0.05, 0) is 57.4 Å². The number of carbonyl (C=O) groups is 2. The molecule has 0 saturated carbocycles. The van der Waals surface area contributed by atoms with Gasteiger partial charge in [-0.15, -0.1) is 0 Å². The van der Waals surface area contributed by atoms with Gasteiger partial charge in [0.2, 0.25) is 5.91 Å². The van der Waals surface area contributed by atoms with Gasteiger partial charge < -0.3 is 10.6 Å². The third-order valence-corrected chi connectivity index (χ3v) is 4.29. The zero-order valence-electron chi connectivity index (χ0n) is 17.3. The van der Waals surface area contributed by atoms with Gasteiger partial charge in [0.25, 0.3) is 5.91 Å². The monoisotopic (exact) mass is 370 g/mol. The molecular formula is C21H30N4O2. The van der Waals surface area contributed by atoms with Crippen LogP contribution in [-0.4, -0.2) is 21.6 Å². The van der Waals surface area contributed by atoms with E-state index in [1.807, 2.05) is 29.8 Å². The summed E-state index contributed by atoms with van der Waals surface area (Å²) < 4.78 is 1.91. The standard InChI is InChI=1S/C21H30N4O2/c1-8-19(26)22-15-10-9-14(4)16(11-15)23-20(27)17-12-18(13(2)3)25(24-17)21(5,6)7/h9-13H,8H2,1-7H3,(H,22,26)(H,23,27). The lowest BCUT2D eigenvalue weighted by molar-refractivity contribution is -0.115. The van der Waals surface area contributed by atoms with E-state index >= 15 is 0 Å². The highest BCUT2D eigenvalue weighted by molar-refractivity contribution is 6.04. The first-order chi connectivity index (χ1) is 12.5. The highest BCUT2D eigenvalue weighted by atomic mass is 16.2. The van der Waals surface area contributed by atoms with Gasteiger partial charge in [0.05, 0.1) is 5.54 Å². The molecule has 2 amide bonds. The summed E-state index contributed by atoms with van der Waals surface area (Å²) >= 11 is 0. The number of amides is 2. The Morgan fingerprint density at radius 2 is 1.81 bits per heavy atom. The summed E-state index contributed by atoms with van der Waals surface area (Å²) in [6, 6.07) is 7.31. The van der Waals surface area contributed by atoms with Crippen LogP contribution in [0.5, 0.6) is 0 Å². The molecule has 1 aromatic heterocycles. The Morgan fingerprint density at radius 3 is 2.33 bits per heavy atom. The molecule has 0 unspecified atom stereocenters. The van der Waals surface area contributed by atoms with Gasteiger partial charge in [0.15, 0.2) is 5.69 Å². The molecule has 1 aromatic carbocycles. The van der Waals surface area contributed by atoms with Gasteiger partial charge in [-0.1, -0.05) is 26.8 Å².